The molecule has 0 atom stereocenters. The van der Waals surface area contributed by atoms with Crippen LogP contribution in [-0.2, 0) is 11.3 Å². The standard InChI is InChI=1S/C20H21N5O3/c1-23-18(27)20(25(19(23)28)14-15-5-3-2-4-6-15)7-11-24(12-8-20)17(26)16-13-21-9-10-22-16/h2-6,9-10,13H,7-8,11-12,14H2,1H3. The van der Waals surface area contributed by atoms with Crippen molar-refractivity contribution in [1.29, 1.82) is 0 Å². The van der Waals surface area contributed by atoms with Gasteiger partial charge in [0.2, 0.25) is 0 Å². The smallest absolute Gasteiger partial charge is 0.327 e. The molecule has 3 heterocycles. The van der Waals surface area contributed by atoms with Gasteiger partial charge in [-0.15, -0.1) is 0 Å². The first kappa shape index (κ1) is 18.1. The molecule has 0 N–H and O–H groups in total. The van der Waals surface area contributed by atoms with Crippen molar-refractivity contribution >= 4 is 17.8 Å². The van der Waals surface area contributed by atoms with Gasteiger partial charge >= 0.3 is 6.03 Å². The summed E-state index contributed by atoms with van der Waals surface area (Å²) >= 11 is 0. The van der Waals surface area contributed by atoms with E-state index >= 15 is 0 Å². The van der Waals surface area contributed by atoms with E-state index in [1.165, 1.54) is 30.5 Å². The van der Waals surface area contributed by atoms with E-state index in [1.807, 2.05) is 30.3 Å². The molecule has 4 amide bonds. The number of urea groups is 1. The molecule has 0 aliphatic carbocycles. The van der Waals surface area contributed by atoms with Gasteiger partial charge in [-0.25, -0.2) is 9.78 Å². The Bertz CT molecular complexity index is 895. The highest BCUT2D eigenvalue weighted by molar-refractivity contribution is 6.07. The van der Waals surface area contributed by atoms with Gasteiger partial charge in [0.15, 0.2) is 0 Å². The lowest BCUT2D eigenvalue weighted by Gasteiger charge is -2.42. The van der Waals surface area contributed by atoms with Crippen LogP contribution in [0.15, 0.2) is 48.9 Å². The van der Waals surface area contributed by atoms with E-state index in [4.69, 9.17) is 0 Å². The minimum Gasteiger partial charge on any atom is -0.337 e. The van der Waals surface area contributed by atoms with Crippen LogP contribution < -0.4 is 0 Å². The lowest BCUT2D eigenvalue weighted by molar-refractivity contribution is -0.134. The largest absolute Gasteiger partial charge is 0.337 e. The van der Waals surface area contributed by atoms with Crippen molar-refractivity contribution < 1.29 is 14.4 Å². The third-order valence-electron chi connectivity index (χ3n) is 5.58. The normalized spacial score (nSPS) is 18.8. The van der Waals surface area contributed by atoms with Crippen LogP contribution in [0.5, 0.6) is 0 Å². The van der Waals surface area contributed by atoms with Gasteiger partial charge in [0.25, 0.3) is 11.8 Å². The fourth-order valence-corrected chi connectivity index (χ4v) is 4.00. The molecule has 2 aliphatic rings. The monoisotopic (exact) mass is 379 g/mol. The van der Waals surface area contributed by atoms with Gasteiger partial charge in [-0.05, 0) is 18.4 Å². The maximum Gasteiger partial charge on any atom is 0.327 e. The second-order valence-electron chi connectivity index (χ2n) is 7.13. The van der Waals surface area contributed by atoms with Crippen molar-refractivity contribution in [2.45, 2.75) is 24.9 Å². The van der Waals surface area contributed by atoms with Gasteiger partial charge in [-0.2, -0.15) is 0 Å². The van der Waals surface area contributed by atoms with E-state index < -0.39 is 5.54 Å². The first-order chi connectivity index (χ1) is 13.5. The molecule has 144 valence electrons. The average Bonchev–Trinajstić information content (AvgIpc) is 2.91. The zero-order valence-corrected chi connectivity index (χ0v) is 15.6. The number of hydrogen-bond donors (Lipinski definition) is 0. The summed E-state index contributed by atoms with van der Waals surface area (Å²) in [5, 5.41) is 0. The predicted octanol–water partition coefficient (Wildman–Crippen LogP) is 1.55. The number of imide groups is 1. The van der Waals surface area contributed by atoms with Crippen molar-refractivity contribution in [1.82, 2.24) is 24.7 Å². The van der Waals surface area contributed by atoms with Gasteiger partial charge in [-0.3, -0.25) is 19.5 Å². The van der Waals surface area contributed by atoms with Crippen molar-refractivity contribution in [2.24, 2.45) is 0 Å². The molecule has 0 radical (unpaired) electrons. The summed E-state index contributed by atoms with van der Waals surface area (Å²) in [4.78, 5) is 50.9. The first-order valence-corrected chi connectivity index (χ1v) is 9.22. The molecule has 1 aromatic carbocycles. The fourth-order valence-electron chi connectivity index (χ4n) is 4.00. The zero-order chi connectivity index (χ0) is 19.7. The number of rotatable bonds is 3. The number of amides is 4. The molecule has 4 rings (SSSR count). The molecule has 2 saturated heterocycles. The van der Waals surface area contributed by atoms with Crippen molar-refractivity contribution in [3.05, 3.63) is 60.2 Å². The molecule has 2 aromatic rings. The summed E-state index contributed by atoms with van der Waals surface area (Å²) in [6, 6.07) is 9.33. The van der Waals surface area contributed by atoms with E-state index in [1.54, 1.807) is 9.80 Å². The highest BCUT2D eigenvalue weighted by Gasteiger charge is 2.57. The van der Waals surface area contributed by atoms with Crippen LogP contribution in [0.3, 0.4) is 0 Å². The molecule has 0 saturated carbocycles. The Morgan fingerprint density at radius 2 is 1.82 bits per heavy atom. The maximum atomic E-state index is 13.0. The van der Waals surface area contributed by atoms with Gasteiger partial charge in [-0.1, -0.05) is 30.3 Å². The van der Waals surface area contributed by atoms with Gasteiger partial charge < -0.3 is 9.80 Å². The minimum absolute atomic E-state index is 0.194. The second-order valence-corrected chi connectivity index (χ2v) is 7.13. The molecule has 0 bridgehead atoms. The molecule has 1 aromatic heterocycles. The van der Waals surface area contributed by atoms with Crippen LogP contribution in [-0.4, -0.2) is 68.2 Å². The van der Waals surface area contributed by atoms with Gasteiger partial charge in [0, 0.05) is 39.1 Å². The van der Waals surface area contributed by atoms with Crippen molar-refractivity contribution in [3.63, 3.8) is 0 Å². The van der Waals surface area contributed by atoms with Crippen LogP contribution in [0.4, 0.5) is 4.79 Å². The number of hydrogen-bond acceptors (Lipinski definition) is 5. The van der Waals surface area contributed by atoms with E-state index in [0.717, 1.165) is 5.56 Å². The first-order valence-electron chi connectivity index (χ1n) is 9.22. The number of likely N-dealkylation sites (tertiary alicyclic amines) is 1. The van der Waals surface area contributed by atoms with Gasteiger partial charge in [0.05, 0.1) is 6.20 Å². The average molecular weight is 379 g/mol. The number of aromatic nitrogens is 2. The Morgan fingerprint density at radius 1 is 1.11 bits per heavy atom. The SMILES string of the molecule is CN1C(=O)N(Cc2ccccc2)C2(CCN(C(=O)c3cnccn3)CC2)C1=O. The highest BCUT2D eigenvalue weighted by Crippen LogP contribution is 2.38. The van der Waals surface area contributed by atoms with E-state index in [2.05, 4.69) is 9.97 Å². The van der Waals surface area contributed by atoms with Crippen LogP contribution in [0.25, 0.3) is 0 Å². The molecule has 8 heteroatoms. The molecule has 2 aliphatic heterocycles. The van der Waals surface area contributed by atoms with Crippen LogP contribution >= 0.6 is 0 Å². The topological polar surface area (TPSA) is 86.7 Å². The summed E-state index contributed by atoms with van der Waals surface area (Å²) in [5.41, 5.74) is 0.350. The molecule has 1 spiro atoms. The Balaban J connectivity index is 1.55. The molecular weight excluding hydrogens is 358 g/mol. The quantitative estimate of drug-likeness (QED) is 0.755. The number of carbonyl (C=O) groups excluding carboxylic acids is 3. The van der Waals surface area contributed by atoms with Crippen LogP contribution in [0, 0.1) is 0 Å². The zero-order valence-electron chi connectivity index (χ0n) is 15.6. The fraction of sp³-hybridized carbons (Fsp3) is 0.350. The lowest BCUT2D eigenvalue weighted by Crippen LogP contribution is -2.57. The molecule has 2 fully saturated rings. The number of piperidine rings is 1. The number of benzene rings is 1. The Morgan fingerprint density at radius 3 is 2.46 bits per heavy atom. The highest BCUT2D eigenvalue weighted by atomic mass is 16.2. The minimum atomic E-state index is -0.902. The molecular formula is C20H21N5O3. The summed E-state index contributed by atoms with van der Waals surface area (Å²) in [5.74, 6) is -0.400. The third kappa shape index (κ3) is 2.90. The van der Waals surface area contributed by atoms with Gasteiger partial charge in [0.1, 0.15) is 11.2 Å². The molecule has 8 nitrogen and oxygen atoms in total. The third-order valence-corrected chi connectivity index (χ3v) is 5.58. The van der Waals surface area contributed by atoms with Crippen LogP contribution in [0.1, 0.15) is 28.9 Å². The summed E-state index contributed by atoms with van der Waals surface area (Å²) < 4.78 is 0. The number of carbonyl (C=O) groups is 3. The number of likely N-dealkylation sites (N-methyl/N-ethyl adjacent to an activating group) is 1. The summed E-state index contributed by atoms with van der Waals surface area (Å²) in [6.07, 6.45) is 5.24. The van der Waals surface area contributed by atoms with E-state index in [0.29, 0.717) is 32.5 Å². The maximum absolute atomic E-state index is 13.0. The summed E-state index contributed by atoms with van der Waals surface area (Å²) in [6.45, 7) is 1.13. The summed E-state index contributed by atoms with van der Waals surface area (Å²) in [7, 11) is 1.52. The Kier molecular flexibility index (Phi) is 4.54. The van der Waals surface area contributed by atoms with Crippen molar-refractivity contribution in [2.75, 3.05) is 20.1 Å². The number of nitrogens with zero attached hydrogens (tertiary/aromatic N) is 5. The molecule has 0 unspecified atom stereocenters. The van der Waals surface area contributed by atoms with E-state index in [-0.39, 0.29) is 23.5 Å². The van der Waals surface area contributed by atoms with Crippen LogP contribution in [0.2, 0.25) is 0 Å². The second kappa shape index (κ2) is 7.03. The Hall–Kier alpha value is -3.29. The predicted molar refractivity (Wildman–Crippen MR) is 100 cm³/mol. The van der Waals surface area contributed by atoms with E-state index in [9.17, 15) is 14.4 Å². The molecule has 28 heavy (non-hydrogen) atoms. The lowest BCUT2D eigenvalue weighted by atomic mass is 9.85. The van der Waals surface area contributed by atoms with Crippen molar-refractivity contribution in [3.8, 4) is 0 Å². The Labute approximate surface area is 162 Å².